The third-order valence-corrected chi connectivity index (χ3v) is 5.83. The lowest BCUT2D eigenvalue weighted by Gasteiger charge is -2.48. The van der Waals surface area contributed by atoms with Crippen LogP contribution in [0.2, 0.25) is 0 Å². The molecule has 2 aliphatic heterocycles. The number of hydrogen-bond acceptors (Lipinski definition) is 9. The van der Waals surface area contributed by atoms with Crippen LogP contribution in [0.3, 0.4) is 0 Å². The lowest BCUT2D eigenvalue weighted by Crippen LogP contribution is -2.68. The molecule has 0 aliphatic carbocycles. The Morgan fingerprint density at radius 1 is 1.10 bits per heavy atom. The van der Waals surface area contributed by atoms with Gasteiger partial charge >= 0.3 is 13.2 Å². The SMILES string of the molecule is CC(C)(C)OC(=O)N1C(O)(O)CC(n2cc(B3OC(C)(C)C(C)(C)O3)cn2)CC1(O)O. The normalized spacial score (nSPS) is 25.0. The molecule has 4 N–H and O–H groups in total. The van der Waals surface area contributed by atoms with Crippen molar-refractivity contribution in [2.24, 2.45) is 0 Å². The number of hydrogen-bond donors (Lipinski definition) is 4. The van der Waals surface area contributed by atoms with E-state index in [0.29, 0.717) is 5.46 Å². The summed E-state index contributed by atoms with van der Waals surface area (Å²) in [6.07, 6.45) is 0.968. The van der Waals surface area contributed by atoms with Gasteiger partial charge in [0.25, 0.3) is 11.8 Å². The molecule has 0 saturated carbocycles. The van der Waals surface area contributed by atoms with E-state index >= 15 is 0 Å². The minimum absolute atomic E-state index is 0.125. The lowest BCUT2D eigenvalue weighted by atomic mass is 9.82. The Morgan fingerprint density at radius 3 is 2.03 bits per heavy atom. The van der Waals surface area contributed by atoms with Crippen LogP contribution in [0.1, 0.15) is 67.3 Å². The minimum Gasteiger partial charge on any atom is -0.443 e. The maximum atomic E-state index is 12.4. The number of aliphatic hydroxyl groups is 4. The van der Waals surface area contributed by atoms with Crippen molar-refractivity contribution in [3.8, 4) is 0 Å². The van der Waals surface area contributed by atoms with Crippen LogP contribution >= 0.6 is 0 Å². The fraction of sp³-hybridized carbons (Fsp3) is 0.789. The zero-order valence-corrected chi connectivity index (χ0v) is 19.0. The molecule has 2 fully saturated rings. The molecule has 3 rings (SSSR count). The van der Waals surface area contributed by atoms with Crippen LogP contribution in [0.5, 0.6) is 0 Å². The molecule has 3 heterocycles. The first kappa shape index (κ1) is 24.0. The largest absolute Gasteiger partial charge is 0.498 e. The molecule has 0 atom stereocenters. The second-order valence-electron chi connectivity index (χ2n) is 10.3. The lowest BCUT2D eigenvalue weighted by molar-refractivity contribution is -0.394. The third-order valence-electron chi connectivity index (χ3n) is 5.83. The second kappa shape index (κ2) is 7.16. The van der Waals surface area contributed by atoms with E-state index in [2.05, 4.69) is 5.10 Å². The topological polar surface area (TPSA) is 147 Å². The highest BCUT2D eigenvalue weighted by molar-refractivity contribution is 6.62. The van der Waals surface area contributed by atoms with Crippen molar-refractivity contribution in [2.75, 3.05) is 0 Å². The van der Waals surface area contributed by atoms with Crippen molar-refractivity contribution in [1.29, 1.82) is 0 Å². The predicted octanol–water partition coefficient (Wildman–Crippen LogP) is 0.0311. The van der Waals surface area contributed by atoms with Gasteiger partial charge in [0.2, 0.25) is 0 Å². The Bertz CT molecular complexity index is 811. The van der Waals surface area contributed by atoms with Crippen LogP contribution in [0.4, 0.5) is 4.79 Å². The summed E-state index contributed by atoms with van der Waals surface area (Å²) >= 11 is 0. The second-order valence-corrected chi connectivity index (χ2v) is 10.3. The maximum absolute atomic E-state index is 12.4. The van der Waals surface area contributed by atoms with E-state index in [1.807, 2.05) is 27.7 Å². The fourth-order valence-corrected chi connectivity index (χ4v) is 3.61. The molecule has 1 amide bonds. The molecule has 0 spiro atoms. The number of nitrogens with zero attached hydrogens (tertiary/aromatic N) is 3. The van der Waals surface area contributed by atoms with Crippen molar-refractivity contribution >= 4 is 18.7 Å². The molecule has 0 radical (unpaired) electrons. The van der Waals surface area contributed by atoms with Crippen LogP contribution in [0, 0.1) is 0 Å². The van der Waals surface area contributed by atoms with Gasteiger partial charge in [-0.25, -0.2) is 9.69 Å². The molecule has 0 bridgehead atoms. The van der Waals surface area contributed by atoms with Gasteiger partial charge in [-0.2, -0.15) is 5.10 Å². The van der Waals surface area contributed by atoms with Gasteiger partial charge in [0, 0.05) is 30.7 Å². The standard InChI is InChI=1S/C19H32BN3O8/c1-15(2,3)29-14(24)23-18(25,26)8-13(9-19(23,27)28)22-11-12(10-21-22)20-30-16(4,5)17(6,7)31-20/h10-11,13,25-28H,8-9H2,1-7H3. The van der Waals surface area contributed by atoms with Gasteiger partial charge in [0.1, 0.15) is 5.60 Å². The third kappa shape index (κ3) is 4.59. The Kier molecular flexibility index (Phi) is 5.53. The smallest absolute Gasteiger partial charge is 0.443 e. The molecule has 31 heavy (non-hydrogen) atoms. The van der Waals surface area contributed by atoms with Crippen LogP contribution in [-0.2, 0) is 14.0 Å². The highest BCUT2D eigenvalue weighted by Crippen LogP contribution is 2.40. The van der Waals surface area contributed by atoms with E-state index in [0.717, 1.165) is 0 Å². The van der Waals surface area contributed by atoms with Crippen LogP contribution in [0.25, 0.3) is 0 Å². The number of carbonyl (C=O) groups is 1. The molecule has 174 valence electrons. The quantitative estimate of drug-likeness (QED) is 0.369. The van der Waals surface area contributed by atoms with Gasteiger partial charge in [-0.15, -0.1) is 0 Å². The average Bonchev–Trinajstić information content (AvgIpc) is 3.06. The van der Waals surface area contributed by atoms with Gasteiger partial charge in [-0.1, -0.05) is 0 Å². The Morgan fingerprint density at radius 2 is 1.58 bits per heavy atom. The molecule has 11 nitrogen and oxygen atoms in total. The number of ether oxygens (including phenoxy) is 1. The summed E-state index contributed by atoms with van der Waals surface area (Å²) in [7, 11) is -0.679. The van der Waals surface area contributed by atoms with Gasteiger partial charge in [0.15, 0.2) is 0 Å². The van der Waals surface area contributed by atoms with Crippen LogP contribution in [0.15, 0.2) is 12.4 Å². The summed E-state index contributed by atoms with van der Waals surface area (Å²) in [5.41, 5.74) is -1.47. The van der Waals surface area contributed by atoms with Gasteiger partial charge in [-0.3, -0.25) is 4.68 Å². The van der Waals surface area contributed by atoms with Crippen molar-refractivity contribution in [1.82, 2.24) is 14.7 Å². The highest BCUT2D eigenvalue weighted by Gasteiger charge is 2.57. The fourth-order valence-electron chi connectivity index (χ4n) is 3.61. The molecule has 1 aromatic heterocycles. The average molecular weight is 441 g/mol. The zero-order valence-electron chi connectivity index (χ0n) is 19.0. The molecule has 2 saturated heterocycles. The van der Waals surface area contributed by atoms with E-state index < -0.39 is 60.7 Å². The van der Waals surface area contributed by atoms with E-state index in [1.54, 1.807) is 27.0 Å². The molecule has 12 heteroatoms. The number of piperidine rings is 1. The molecular formula is C19H32BN3O8. The van der Waals surface area contributed by atoms with Crippen molar-refractivity contribution in [3.63, 3.8) is 0 Å². The Hall–Kier alpha value is -1.70. The minimum atomic E-state index is -2.88. The Labute approximate surface area is 181 Å². The summed E-state index contributed by atoms with van der Waals surface area (Å²) in [5.74, 6) is -5.77. The van der Waals surface area contributed by atoms with E-state index in [-0.39, 0.29) is 4.90 Å². The van der Waals surface area contributed by atoms with Crippen LogP contribution in [-0.4, -0.2) is 76.9 Å². The Balaban J connectivity index is 1.80. The van der Waals surface area contributed by atoms with Crippen molar-refractivity contribution in [2.45, 2.75) is 96.0 Å². The van der Waals surface area contributed by atoms with Gasteiger partial charge in [0.05, 0.1) is 17.2 Å². The van der Waals surface area contributed by atoms with Gasteiger partial charge < -0.3 is 34.5 Å². The number of aromatic nitrogens is 2. The summed E-state index contributed by atoms with van der Waals surface area (Å²) in [4.78, 5) is 12.5. The van der Waals surface area contributed by atoms with Crippen LogP contribution < -0.4 is 5.46 Å². The highest BCUT2D eigenvalue weighted by atomic mass is 16.7. The number of carbonyl (C=O) groups excluding carboxylic acids is 1. The first-order chi connectivity index (χ1) is 13.8. The molecular weight excluding hydrogens is 409 g/mol. The predicted molar refractivity (Wildman–Crippen MR) is 109 cm³/mol. The summed E-state index contributed by atoms with van der Waals surface area (Å²) < 4.78 is 18.4. The number of likely N-dealkylation sites (tertiary alicyclic amines) is 1. The monoisotopic (exact) mass is 441 g/mol. The summed E-state index contributed by atoms with van der Waals surface area (Å²) in [6, 6.07) is -0.847. The summed E-state index contributed by atoms with van der Waals surface area (Å²) in [5, 5.41) is 46.2. The van der Waals surface area contributed by atoms with Crippen molar-refractivity contribution < 1.29 is 39.3 Å². The van der Waals surface area contributed by atoms with Gasteiger partial charge in [-0.05, 0) is 48.5 Å². The molecule has 1 aromatic rings. The van der Waals surface area contributed by atoms with E-state index in [1.165, 1.54) is 10.9 Å². The molecule has 0 unspecified atom stereocenters. The summed E-state index contributed by atoms with van der Waals surface area (Å²) in [6.45, 7) is 12.4. The number of amides is 1. The zero-order chi connectivity index (χ0) is 23.6. The molecule has 2 aliphatic rings. The van der Waals surface area contributed by atoms with Crippen molar-refractivity contribution in [3.05, 3.63) is 12.4 Å². The first-order valence-corrected chi connectivity index (χ1v) is 10.2. The maximum Gasteiger partial charge on any atom is 0.498 e. The first-order valence-electron chi connectivity index (χ1n) is 10.2. The van der Waals surface area contributed by atoms with E-state index in [9.17, 15) is 25.2 Å². The number of rotatable bonds is 2. The molecule has 0 aromatic carbocycles. The van der Waals surface area contributed by atoms with E-state index in [4.69, 9.17) is 14.0 Å².